The lowest BCUT2D eigenvalue weighted by Crippen LogP contribution is -1.93. The average Bonchev–Trinajstić information content (AvgIpc) is 2.33. The van der Waals surface area contributed by atoms with Crippen LogP contribution in [0.2, 0.25) is 0 Å². The van der Waals surface area contributed by atoms with Crippen molar-refractivity contribution >= 4 is 0 Å². The molecule has 0 aromatic heterocycles. The smallest absolute Gasteiger partial charge is 0.000444 e. The van der Waals surface area contributed by atoms with Gasteiger partial charge in [-0.25, -0.2) is 0 Å². The Morgan fingerprint density at radius 2 is 1.92 bits per heavy atom. The molecule has 2 rings (SSSR count). The molecular formula is C12H14. The summed E-state index contributed by atoms with van der Waals surface area (Å²) < 4.78 is 0. The highest BCUT2D eigenvalue weighted by Crippen LogP contribution is 2.32. The second kappa shape index (κ2) is 2.78. The summed E-state index contributed by atoms with van der Waals surface area (Å²) in [5, 5.41) is 0. The van der Waals surface area contributed by atoms with Crippen LogP contribution in [0.1, 0.15) is 13.8 Å². The molecule has 0 aromatic carbocycles. The summed E-state index contributed by atoms with van der Waals surface area (Å²) in [5.41, 5.74) is 2.91. The summed E-state index contributed by atoms with van der Waals surface area (Å²) in [7, 11) is 0. The third-order valence-electron chi connectivity index (χ3n) is 2.50. The second-order valence-electron chi connectivity index (χ2n) is 3.64. The maximum atomic E-state index is 2.36. The van der Waals surface area contributed by atoms with Gasteiger partial charge in [0.2, 0.25) is 0 Å². The summed E-state index contributed by atoms with van der Waals surface area (Å²) in [4.78, 5) is 0. The van der Waals surface area contributed by atoms with Crippen molar-refractivity contribution in [3.8, 4) is 0 Å². The van der Waals surface area contributed by atoms with Crippen LogP contribution in [0.4, 0.5) is 0 Å². The minimum Gasteiger partial charge on any atom is -0.0773 e. The van der Waals surface area contributed by atoms with Crippen molar-refractivity contribution in [1.82, 2.24) is 0 Å². The van der Waals surface area contributed by atoms with Crippen LogP contribution in [0.25, 0.3) is 0 Å². The molecule has 0 spiro atoms. The second-order valence-corrected chi connectivity index (χ2v) is 3.64. The third-order valence-corrected chi connectivity index (χ3v) is 2.50. The van der Waals surface area contributed by atoms with E-state index in [2.05, 4.69) is 50.3 Å². The molecule has 0 saturated heterocycles. The minimum absolute atomic E-state index is 0.580. The van der Waals surface area contributed by atoms with E-state index in [4.69, 9.17) is 0 Å². The normalized spacial score (nSPS) is 32.5. The maximum absolute atomic E-state index is 2.36. The van der Waals surface area contributed by atoms with Gasteiger partial charge in [0, 0.05) is 0 Å². The molecule has 0 bridgehead atoms. The van der Waals surface area contributed by atoms with E-state index in [0.29, 0.717) is 11.8 Å². The maximum Gasteiger partial charge on any atom is -0.000444 e. The van der Waals surface area contributed by atoms with Crippen molar-refractivity contribution in [3.63, 3.8) is 0 Å². The minimum atomic E-state index is 0.580. The standard InChI is InChI=1S/C12H14/c1-9-7-11-6-4-3-5-10(2)12(11)8-9/h3-10H,1-2H3. The van der Waals surface area contributed by atoms with Crippen LogP contribution in [0.3, 0.4) is 0 Å². The van der Waals surface area contributed by atoms with Gasteiger partial charge in [0.05, 0.1) is 0 Å². The van der Waals surface area contributed by atoms with Gasteiger partial charge in [-0.3, -0.25) is 0 Å². The largest absolute Gasteiger partial charge is 0.0773 e. The molecule has 0 fully saturated rings. The van der Waals surface area contributed by atoms with E-state index in [9.17, 15) is 0 Å². The van der Waals surface area contributed by atoms with Crippen molar-refractivity contribution in [2.45, 2.75) is 13.8 Å². The van der Waals surface area contributed by atoms with Crippen molar-refractivity contribution in [3.05, 3.63) is 47.6 Å². The lowest BCUT2D eigenvalue weighted by molar-refractivity contribution is 0.872. The Labute approximate surface area is 74.0 Å². The Kier molecular flexibility index (Phi) is 1.76. The highest BCUT2D eigenvalue weighted by Gasteiger charge is 2.16. The van der Waals surface area contributed by atoms with Gasteiger partial charge in [-0.15, -0.1) is 0 Å². The van der Waals surface area contributed by atoms with Gasteiger partial charge in [-0.2, -0.15) is 0 Å². The fraction of sp³-hybridized carbons (Fsp3) is 0.333. The molecule has 0 saturated carbocycles. The van der Waals surface area contributed by atoms with Crippen LogP contribution in [-0.4, -0.2) is 0 Å². The Morgan fingerprint density at radius 1 is 1.08 bits per heavy atom. The predicted octanol–water partition coefficient (Wildman–Crippen LogP) is 3.25. The van der Waals surface area contributed by atoms with Gasteiger partial charge in [0.25, 0.3) is 0 Å². The van der Waals surface area contributed by atoms with E-state index in [-0.39, 0.29) is 0 Å². The highest BCUT2D eigenvalue weighted by molar-refractivity contribution is 5.50. The lowest BCUT2D eigenvalue weighted by atomic mass is 9.97. The molecule has 0 heteroatoms. The molecule has 0 aromatic rings. The molecule has 2 aliphatic rings. The van der Waals surface area contributed by atoms with Crippen molar-refractivity contribution < 1.29 is 0 Å². The van der Waals surface area contributed by atoms with Crippen LogP contribution in [-0.2, 0) is 0 Å². The van der Waals surface area contributed by atoms with Crippen LogP contribution in [0.5, 0.6) is 0 Å². The van der Waals surface area contributed by atoms with Crippen molar-refractivity contribution in [1.29, 1.82) is 0 Å². The molecule has 0 heterocycles. The molecule has 2 atom stereocenters. The molecule has 0 N–H and O–H groups in total. The van der Waals surface area contributed by atoms with Gasteiger partial charge >= 0.3 is 0 Å². The fourth-order valence-corrected chi connectivity index (χ4v) is 1.87. The highest BCUT2D eigenvalue weighted by atomic mass is 14.2. The molecule has 2 unspecified atom stereocenters. The molecule has 2 aliphatic carbocycles. The van der Waals surface area contributed by atoms with E-state index >= 15 is 0 Å². The van der Waals surface area contributed by atoms with E-state index in [1.807, 2.05) is 0 Å². The van der Waals surface area contributed by atoms with Crippen LogP contribution < -0.4 is 0 Å². The first-order valence-corrected chi connectivity index (χ1v) is 4.56. The molecule has 0 aliphatic heterocycles. The van der Waals surface area contributed by atoms with E-state index in [0.717, 1.165) is 0 Å². The topological polar surface area (TPSA) is 0 Å². The molecule has 0 radical (unpaired) electrons. The van der Waals surface area contributed by atoms with E-state index in [1.54, 1.807) is 0 Å². The number of allylic oxidation sites excluding steroid dienone is 8. The third kappa shape index (κ3) is 1.18. The van der Waals surface area contributed by atoms with Crippen molar-refractivity contribution in [2.24, 2.45) is 11.8 Å². The quantitative estimate of drug-likeness (QED) is 0.507. The van der Waals surface area contributed by atoms with Crippen LogP contribution in [0, 0.1) is 11.8 Å². The summed E-state index contributed by atoms with van der Waals surface area (Å²) in [5.74, 6) is 1.20. The summed E-state index contributed by atoms with van der Waals surface area (Å²) in [6.07, 6.45) is 13.4. The summed E-state index contributed by atoms with van der Waals surface area (Å²) >= 11 is 0. The number of fused-ring (bicyclic) bond motifs is 1. The van der Waals surface area contributed by atoms with Gasteiger partial charge < -0.3 is 0 Å². The first-order valence-electron chi connectivity index (χ1n) is 4.56. The number of hydrogen-bond acceptors (Lipinski definition) is 0. The van der Waals surface area contributed by atoms with Gasteiger partial charge in [-0.1, -0.05) is 50.3 Å². The zero-order chi connectivity index (χ0) is 8.55. The Balaban J connectivity index is 2.41. The van der Waals surface area contributed by atoms with Crippen molar-refractivity contribution in [2.75, 3.05) is 0 Å². The lowest BCUT2D eigenvalue weighted by Gasteiger charge is -2.07. The van der Waals surface area contributed by atoms with E-state index in [1.165, 1.54) is 11.1 Å². The Hall–Kier alpha value is -1.04. The molecular weight excluding hydrogens is 144 g/mol. The molecule has 12 heavy (non-hydrogen) atoms. The average molecular weight is 158 g/mol. The van der Waals surface area contributed by atoms with Gasteiger partial charge in [-0.05, 0) is 23.0 Å². The molecule has 62 valence electrons. The Bertz CT molecular complexity index is 300. The zero-order valence-corrected chi connectivity index (χ0v) is 7.62. The SMILES string of the molecule is CC1C=C2C=CC=CC(C)C2=C1. The predicted molar refractivity (Wildman–Crippen MR) is 52.8 cm³/mol. The fourth-order valence-electron chi connectivity index (χ4n) is 1.87. The summed E-state index contributed by atoms with van der Waals surface area (Å²) in [6.45, 7) is 4.49. The Morgan fingerprint density at radius 3 is 2.75 bits per heavy atom. The van der Waals surface area contributed by atoms with E-state index < -0.39 is 0 Å². The number of rotatable bonds is 0. The molecule has 0 amide bonds. The van der Waals surface area contributed by atoms with Gasteiger partial charge in [0.15, 0.2) is 0 Å². The first-order chi connectivity index (χ1) is 5.77. The van der Waals surface area contributed by atoms with Gasteiger partial charge in [0.1, 0.15) is 0 Å². The molecule has 0 nitrogen and oxygen atoms in total. The monoisotopic (exact) mass is 158 g/mol. The zero-order valence-electron chi connectivity index (χ0n) is 7.62. The first kappa shape index (κ1) is 7.60. The summed E-state index contributed by atoms with van der Waals surface area (Å²) in [6, 6.07) is 0. The van der Waals surface area contributed by atoms with Crippen LogP contribution >= 0.6 is 0 Å². The number of hydrogen-bond donors (Lipinski definition) is 0. The van der Waals surface area contributed by atoms with Crippen LogP contribution in [0.15, 0.2) is 47.6 Å².